The first-order valence-corrected chi connectivity index (χ1v) is 13.2. The van der Waals surface area contributed by atoms with Crippen LogP contribution in [0.3, 0.4) is 0 Å². The fraction of sp³-hybridized carbons (Fsp3) is 0.367. The third kappa shape index (κ3) is 4.96. The lowest BCUT2D eigenvalue weighted by atomic mass is 10.00. The van der Waals surface area contributed by atoms with Gasteiger partial charge in [0.2, 0.25) is 0 Å². The number of carbonyl (C=O) groups is 1. The molecule has 198 valence electrons. The molecule has 2 N–H and O–H groups in total. The first-order chi connectivity index (χ1) is 18.2. The van der Waals surface area contributed by atoms with Crippen LogP contribution in [-0.4, -0.2) is 46.7 Å². The molecule has 0 saturated carbocycles. The Morgan fingerprint density at radius 3 is 2.58 bits per heavy atom. The zero-order valence-electron chi connectivity index (χ0n) is 22.7. The van der Waals surface area contributed by atoms with Crippen LogP contribution < -0.4 is 15.8 Å². The number of benzene rings is 1. The number of H-pyrrole nitrogens is 1. The second-order valence-electron chi connectivity index (χ2n) is 10.3. The van der Waals surface area contributed by atoms with E-state index in [0.29, 0.717) is 24.3 Å². The Kier molecular flexibility index (Phi) is 7.08. The van der Waals surface area contributed by atoms with Crippen LogP contribution in [0.4, 0.5) is 5.82 Å². The summed E-state index contributed by atoms with van der Waals surface area (Å²) in [4.78, 5) is 36.2. The van der Waals surface area contributed by atoms with Gasteiger partial charge in [0, 0.05) is 65.2 Å². The summed E-state index contributed by atoms with van der Waals surface area (Å²) in [7, 11) is 0. The van der Waals surface area contributed by atoms with Gasteiger partial charge in [0.15, 0.2) is 0 Å². The SMILES string of the molecule is Cc1cc(C)c(CNC(=O)c2cc(-c3cccc(N4CCOCC4)n3)cc3c2c(C)cn3C(C)C)c(=O)[nH]1. The lowest BCUT2D eigenvalue weighted by Crippen LogP contribution is -2.36. The van der Waals surface area contributed by atoms with Crippen molar-refractivity contribution in [2.45, 2.75) is 47.2 Å². The van der Waals surface area contributed by atoms with Crippen molar-refractivity contribution in [3.8, 4) is 11.3 Å². The van der Waals surface area contributed by atoms with Crippen LogP contribution in [0.15, 0.2) is 47.4 Å². The molecule has 0 bridgehead atoms. The number of carbonyl (C=O) groups excluding carboxylic acids is 1. The molecule has 1 aliphatic heterocycles. The van der Waals surface area contributed by atoms with Crippen LogP contribution in [-0.2, 0) is 11.3 Å². The van der Waals surface area contributed by atoms with E-state index in [9.17, 15) is 9.59 Å². The summed E-state index contributed by atoms with van der Waals surface area (Å²) in [5, 5.41) is 3.92. The third-order valence-corrected chi connectivity index (χ3v) is 7.21. The molecule has 0 spiro atoms. The molecule has 1 amide bonds. The van der Waals surface area contributed by atoms with Crippen LogP contribution in [0.25, 0.3) is 22.2 Å². The number of pyridine rings is 2. The van der Waals surface area contributed by atoms with Crippen LogP contribution in [0, 0.1) is 20.8 Å². The van der Waals surface area contributed by atoms with Crippen LogP contribution in [0.2, 0.25) is 0 Å². The van der Waals surface area contributed by atoms with Gasteiger partial charge in [-0.2, -0.15) is 0 Å². The number of hydrogen-bond acceptors (Lipinski definition) is 5. The Labute approximate surface area is 222 Å². The highest BCUT2D eigenvalue weighted by Crippen LogP contribution is 2.33. The Hall–Kier alpha value is -3.91. The summed E-state index contributed by atoms with van der Waals surface area (Å²) in [5.41, 5.74) is 6.33. The molecule has 1 aromatic carbocycles. The Bertz CT molecular complexity index is 1560. The molecule has 1 saturated heterocycles. The fourth-order valence-corrected chi connectivity index (χ4v) is 5.26. The number of rotatable bonds is 6. The van der Waals surface area contributed by atoms with Crippen LogP contribution >= 0.6 is 0 Å². The maximum Gasteiger partial charge on any atom is 0.253 e. The number of morpholine rings is 1. The Balaban J connectivity index is 1.57. The van der Waals surface area contributed by atoms with E-state index in [4.69, 9.17) is 9.72 Å². The van der Waals surface area contributed by atoms with Crippen molar-refractivity contribution >= 4 is 22.6 Å². The first kappa shape index (κ1) is 25.7. The van der Waals surface area contributed by atoms with E-state index in [1.54, 1.807) is 0 Å². The predicted octanol–water partition coefficient (Wildman–Crippen LogP) is 4.66. The molecule has 0 aliphatic carbocycles. The van der Waals surface area contributed by atoms with Crippen molar-refractivity contribution in [2.75, 3.05) is 31.2 Å². The van der Waals surface area contributed by atoms with Gasteiger partial charge in [-0.25, -0.2) is 4.98 Å². The summed E-state index contributed by atoms with van der Waals surface area (Å²) in [6, 6.07) is 12.2. The minimum absolute atomic E-state index is 0.153. The van der Waals surface area contributed by atoms with Gasteiger partial charge in [-0.05, 0) is 76.1 Å². The third-order valence-electron chi connectivity index (χ3n) is 7.21. The number of ether oxygens (including phenoxy) is 1. The summed E-state index contributed by atoms with van der Waals surface area (Å²) in [5.74, 6) is 0.687. The normalized spacial score (nSPS) is 13.9. The van der Waals surface area contributed by atoms with Crippen molar-refractivity contribution in [2.24, 2.45) is 0 Å². The van der Waals surface area contributed by atoms with Gasteiger partial charge in [0.1, 0.15) is 5.82 Å². The van der Waals surface area contributed by atoms with E-state index in [0.717, 1.165) is 57.9 Å². The molecule has 8 nitrogen and oxygen atoms in total. The van der Waals surface area contributed by atoms with E-state index < -0.39 is 0 Å². The highest BCUT2D eigenvalue weighted by atomic mass is 16.5. The van der Waals surface area contributed by atoms with E-state index in [-0.39, 0.29) is 24.1 Å². The monoisotopic (exact) mass is 513 g/mol. The molecule has 0 unspecified atom stereocenters. The fourth-order valence-electron chi connectivity index (χ4n) is 5.26. The van der Waals surface area contributed by atoms with Gasteiger partial charge < -0.3 is 24.5 Å². The summed E-state index contributed by atoms with van der Waals surface area (Å²) >= 11 is 0. The molecular formula is C30H35N5O3. The van der Waals surface area contributed by atoms with Gasteiger partial charge >= 0.3 is 0 Å². The molecule has 8 heteroatoms. The van der Waals surface area contributed by atoms with E-state index in [1.807, 2.05) is 51.1 Å². The predicted molar refractivity (Wildman–Crippen MR) is 151 cm³/mol. The molecule has 5 rings (SSSR count). The number of hydrogen-bond donors (Lipinski definition) is 2. The van der Waals surface area contributed by atoms with Crippen molar-refractivity contribution < 1.29 is 9.53 Å². The summed E-state index contributed by atoms with van der Waals surface area (Å²) in [6.07, 6.45) is 2.10. The molecule has 3 aromatic heterocycles. The van der Waals surface area contributed by atoms with Crippen molar-refractivity contribution in [1.29, 1.82) is 0 Å². The lowest BCUT2D eigenvalue weighted by Gasteiger charge is -2.28. The molecule has 4 heterocycles. The maximum absolute atomic E-state index is 13.7. The number of amides is 1. The zero-order valence-corrected chi connectivity index (χ0v) is 22.7. The van der Waals surface area contributed by atoms with Crippen molar-refractivity contribution in [3.63, 3.8) is 0 Å². The minimum atomic E-state index is -0.217. The van der Waals surface area contributed by atoms with E-state index in [1.165, 1.54) is 0 Å². The second kappa shape index (κ2) is 10.5. The smallest absolute Gasteiger partial charge is 0.253 e. The standard InChI is InChI=1S/C30H35N5O3/c1-18(2)35-17-20(4)28-23(29(36)31-16-24-19(3)13-21(5)32-30(24)37)14-22(15-26(28)35)25-7-6-8-27(33-25)34-9-11-38-12-10-34/h6-8,13-15,17-18H,9-12,16H2,1-5H3,(H,31,36)(H,32,37). The second-order valence-corrected chi connectivity index (χ2v) is 10.3. The highest BCUT2D eigenvalue weighted by molar-refractivity contribution is 6.09. The molecule has 0 radical (unpaired) electrons. The number of nitrogens with zero attached hydrogens (tertiary/aromatic N) is 3. The number of fused-ring (bicyclic) bond motifs is 1. The lowest BCUT2D eigenvalue weighted by molar-refractivity contribution is 0.0952. The summed E-state index contributed by atoms with van der Waals surface area (Å²) in [6.45, 7) is 13.2. The average Bonchev–Trinajstić information content (AvgIpc) is 3.24. The van der Waals surface area contributed by atoms with Crippen molar-refractivity contribution in [1.82, 2.24) is 19.9 Å². The average molecular weight is 514 g/mol. The topological polar surface area (TPSA) is 92.2 Å². The molecule has 1 aliphatic rings. The Morgan fingerprint density at radius 2 is 1.87 bits per heavy atom. The van der Waals surface area contributed by atoms with Gasteiger partial charge in [0.05, 0.1) is 18.9 Å². The number of aromatic amines is 1. The number of aromatic nitrogens is 3. The number of nitrogens with one attached hydrogen (secondary N) is 2. The summed E-state index contributed by atoms with van der Waals surface area (Å²) < 4.78 is 7.70. The molecule has 4 aromatic rings. The number of anilines is 1. The van der Waals surface area contributed by atoms with Crippen molar-refractivity contribution in [3.05, 3.63) is 80.9 Å². The molecule has 1 fully saturated rings. The van der Waals surface area contributed by atoms with E-state index >= 15 is 0 Å². The molecule has 0 atom stereocenters. The first-order valence-electron chi connectivity index (χ1n) is 13.2. The minimum Gasteiger partial charge on any atom is -0.378 e. The largest absolute Gasteiger partial charge is 0.378 e. The van der Waals surface area contributed by atoms with E-state index in [2.05, 4.69) is 45.9 Å². The van der Waals surface area contributed by atoms with Gasteiger partial charge in [-0.1, -0.05) is 6.07 Å². The quantitative estimate of drug-likeness (QED) is 0.391. The highest BCUT2D eigenvalue weighted by Gasteiger charge is 2.20. The van der Waals surface area contributed by atoms with Gasteiger partial charge in [-0.15, -0.1) is 0 Å². The maximum atomic E-state index is 13.7. The molecule has 38 heavy (non-hydrogen) atoms. The Morgan fingerprint density at radius 1 is 1.11 bits per heavy atom. The number of aryl methyl sites for hydroxylation is 3. The van der Waals surface area contributed by atoms with Gasteiger partial charge in [0.25, 0.3) is 11.5 Å². The zero-order chi connectivity index (χ0) is 27.0. The molecular weight excluding hydrogens is 478 g/mol. The van der Waals surface area contributed by atoms with Crippen LogP contribution in [0.5, 0.6) is 0 Å². The van der Waals surface area contributed by atoms with Crippen LogP contribution in [0.1, 0.15) is 52.6 Å². The van der Waals surface area contributed by atoms with Gasteiger partial charge in [-0.3, -0.25) is 9.59 Å².